The lowest BCUT2D eigenvalue weighted by molar-refractivity contribution is 0.147. The van der Waals surface area contributed by atoms with Crippen molar-refractivity contribution in [1.82, 2.24) is 9.97 Å². The topological polar surface area (TPSA) is 116 Å². The molecule has 0 bridgehead atoms. The van der Waals surface area contributed by atoms with E-state index >= 15 is 0 Å². The number of nitrogens with zero attached hydrogens (tertiary/aromatic N) is 2. The molecule has 1 rings (SSSR count). The van der Waals surface area contributed by atoms with Gasteiger partial charge in [0.05, 0.1) is 18.8 Å². The van der Waals surface area contributed by atoms with Crippen molar-refractivity contribution in [2.45, 2.75) is 32.2 Å². The zero-order valence-corrected chi connectivity index (χ0v) is 10.8. The average Bonchev–Trinajstić information content (AvgIpc) is 2.38. The fraction of sp³-hybridized carbons (Fsp3) is 0.636. The molecule has 1 aromatic heterocycles. The highest BCUT2D eigenvalue weighted by Gasteiger charge is 2.22. The Morgan fingerprint density at radius 1 is 1.28 bits per heavy atom. The standard InChI is InChI=1S/C11H21N5O2/c1-3-4-8-13-9(5-10(14-8)16-12)15-11(2,6-17)7-18/h5,17-18H,3-4,6-7,12H2,1-2H3,(H2,13,14,15,16). The van der Waals surface area contributed by atoms with Crippen LogP contribution in [-0.2, 0) is 6.42 Å². The summed E-state index contributed by atoms with van der Waals surface area (Å²) in [4.78, 5) is 8.52. The maximum Gasteiger partial charge on any atom is 0.145 e. The molecule has 0 fully saturated rings. The molecule has 0 saturated carbocycles. The third kappa shape index (κ3) is 3.80. The molecule has 0 saturated heterocycles. The smallest absolute Gasteiger partial charge is 0.145 e. The number of hydrogen-bond donors (Lipinski definition) is 5. The van der Waals surface area contributed by atoms with E-state index in [0.29, 0.717) is 17.5 Å². The third-order valence-corrected chi connectivity index (χ3v) is 2.52. The van der Waals surface area contributed by atoms with Gasteiger partial charge in [-0.25, -0.2) is 15.8 Å². The van der Waals surface area contributed by atoms with Gasteiger partial charge in [0, 0.05) is 12.5 Å². The van der Waals surface area contributed by atoms with Gasteiger partial charge in [-0.05, 0) is 13.3 Å². The number of aromatic nitrogens is 2. The van der Waals surface area contributed by atoms with Crippen LogP contribution in [0.1, 0.15) is 26.1 Å². The number of nitrogens with one attached hydrogen (secondary N) is 2. The van der Waals surface area contributed by atoms with E-state index in [2.05, 4.69) is 20.7 Å². The summed E-state index contributed by atoms with van der Waals surface area (Å²) >= 11 is 0. The van der Waals surface area contributed by atoms with Crippen LogP contribution in [0.4, 0.5) is 11.6 Å². The van der Waals surface area contributed by atoms with Gasteiger partial charge in [-0.1, -0.05) is 6.92 Å². The van der Waals surface area contributed by atoms with Crippen molar-refractivity contribution in [3.05, 3.63) is 11.9 Å². The zero-order valence-electron chi connectivity index (χ0n) is 10.8. The second kappa shape index (κ2) is 6.48. The number of rotatable bonds is 7. The summed E-state index contributed by atoms with van der Waals surface area (Å²) in [5.74, 6) is 7.02. The van der Waals surface area contributed by atoms with Crippen LogP contribution in [0.3, 0.4) is 0 Å². The van der Waals surface area contributed by atoms with Crippen molar-refractivity contribution in [2.24, 2.45) is 5.84 Å². The fourth-order valence-electron chi connectivity index (χ4n) is 1.41. The number of aliphatic hydroxyl groups is 2. The molecular weight excluding hydrogens is 234 g/mol. The largest absolute Gasteiger partial charge is 0.394 e. The van der Waals surface area contributed by atoms with E-state index in [4.69, 9.17) is 5.84 Å². The molecule has 0 atom stereocenters. The first-order valence-corrected chi connectivity index (χ1v) is 5.91. The molecule has 6 N–H and O–H groups in total. The van der Waals surface area contributed by atoms with Gasteiger partial charge >= 0.3 is 0 Å². The van der Waals surface area contributed by atoms with Crippen molar-refractivity contribution in [3.63, 3.8) is 0 Å². The lowest BCUT2D eigenvalue weighted by Gasteiger charge is -2.27. The molecule has 102 valence electrons. The van der Waals surface area contributed by atoms with Crippen LogP contribution in [0, 0.1) is 0 Å². The third-order valence-electron chi connectivity index (χ3n) is 2.52. The van der Waals surface area contributed by atoms with Crippen LogP contribution in [0.15, 0.2) is 6.07 Å². The van der Waals surface area contributed by atoms with Crippen molar-refractivity contribution < 1.29 is 10.2 Å². The Morgan fingerprint density at radius 2 is 1.89 bits per heavy atom. The number of aryl methyl sites for hydroxylation is 1. The predicted molar refractivity (Wildman–Crippen MR) is 70.0 cm³/mol. The summed E-state index contributed by atoms with van der Waals surface area (Å²) in [5.41, 5.74) is 1.64. The number of hydrogen-bond acceptors (Lipinski definition) is 7. The number of anilines is 2. The van der Waals surface area contributed by atoms with Crippen LogP contribution in [0.5, 0.6) is 0 Å². The maximum absolute atomic E-state index is 9.24. The molecular formula is C11H21N5O2. The molecule has 7 nitrogen and oxygen atoms in total. The summed E-state index contributed by atoms with van der Waals surface area (Å²) in [6.07, 6.45) is 1.66. The number of hydrazine groups is 1. The van der Waals surface area contributed by atoms with E-state index in [9.17, 15) is 10.2 Å². The summed E-state index contributed by atoms with van der Waals surface area (Å²) in [6.45, 7) is 3.32. The monoisotopic (exact) mass is 255 g/mol. The highest BCUT2D eigenvalue weighted by atomic mass is 16.3. The fourth-order valence-corrected chi connectivity index (χ4v) is 1.41. The van der Waals surface area contributed by atoms with Gasteiger partial charge in [0.2, 0.25) is 0 Å². The summed E-state index contributed by atoms with van der Waals surface area (Å²) in [6, 6.07) is 1.63. The molecule has 0 aliphatic carbocycles. The molecule has 0 aliphatic rings. The lowest BCUT2D eigenvalue weighted by atomic mass is 10.1. The van der Waals surface area contributed by atoms with Gasteiger partial charge in [0.25, 0.3) is 0 Å². The van der Waals surface area contributed by atoms with Crippen LogP contribution >= 0.6 is 0 Å². The Morgan fingerprint density at radius 3 is 2.39 bits per heavy atom. The number of nitrogen functional groups attached to an aromatic ring is 1. The van der Waals surface area contributed by atoms with E-state index in [-0.39, 0.29) is 13.2 Å². The van der Waals surface area contributed by atoms with Gasteiger partial charge in [0.15, 0.2) is 0 Å². The van der Waals surface area contributed by atoms with Crippen molar-refractivity contribution in [2.75, 3.05) is 24.0 Å². The van der Waals surface area contributed by atoms with Gasteiger partial charge in [-0.15, -0.1) is 0 Å². The number of nitrogens with two attached hydrogens (primary N) is 1. The molecule has 0 unspecified atom stereocenters. The van der Waals surface area contributed by atoms with Gasteiger partial charge in [-0.2, -0.15) is 0 Å². The SMILES string of the molecule is CCCc1nc(NN)cc(NC(C)(CO)CO)n1. The minimum atomic E-state index is -0.830. The van der Waals surface area contributed by atoms with E-state index in [1.807, 2.05) is 6.92 Å². The first-order valence-electron chi connectivity index (χ1n) is 5.91. The van der Waals surface area contributed by atoms with Crippen LogP contribution in [0.25, 0.3) is 0 Å². The van der Waals surface area contributed by atoms with Gasteiger partial charge in [-0.3, -0.25) is 0 Å². The molecule has 0 radical (unpaired) electrons. The minimum absolute atomic E-state index is 0.206. The zero-order chi connectivity index (χ0) is 13.6. The Labute approximate surface area is 106 Å². The maximum atomic E-state index is 9.24. The highest BCUT2D eigenvalue weighted by Crippen LogP contribution is 2.16. The van der Waals surface area contributed by atoms with E-state index in [0.717, 1.165) is 12.8 Å². The highest BCUT2D eigenvalue weighted by molar-refractivity contribution is 5.48. The molecule has 18 heavy (non-hydrogen) atoms. The van der Waals surface area contributed by atoms with E-state index < -0.39 is 5.54 Å². The van der Waals surface area contributed by atoms with E-state index in [1.54, 1.807) is 13.0 Å². The first kappa shape index (κ1) is 14.6. The summed E-state index contributed by atoms with van der Waals surface area (Å²) < 4.78 is 0. The Bertz CT molecular complexity index is 382. The summed E-state index contributed by atoms with van der Waals surface area (Å²) in [5, 5.41) is 21.5. The quantitative estimate of drug-likeness (QED) is 0.340. The lowest BCUT2D eigenvalue weighted by Crippen LogP contribution is -2.42. The predicted octanol–water partition coefficient (Wildman–Crippen LogP) is -0.130. The Balaban J connectivity index is 2.96. The molecule has 0 spiro atoms. The molecule has 1 aromatic rings. The normalized spacial score (nSPS) is 11.4. The second-order valence-corrected chi connectivity index (χ2v) is 4.45. The molecule has 0 aromatic carbocycles. The van der Waals surface area contributed by atoms with Crippen LogP contribution in [0.2, 0.25) is 0 Å². The van der Waals surface area contributed by atoms with Gasteiger partial charge < -0.3 is 21.0 Å². The van der Waals surface area contributed by atoms with E-state index in [1.165, 1.54) is 0 Å². The Kier molecular flexibility index (Phi) is 5.26. The van der Waals surface area contributed by atoms with Crippen molar-refractivity contribution >= 4 is 11.6 Å². The van der Waals surface area contributed by atoms with Crippen LogP contribution in [-0.4, -0.2) is 38.9 Å². The summed E-state index contributed by atoms with van der Waals surface area (Å²) in [7, 11) is 0. The van der Waals surface area contributed by atoms with Crippen LogP contribution < -0.4 is 16.6 Å². The Hall–Kier alpha value is -1.44. The average molecular weight is 255 g/mol. The molecule has 0 aliphatic heterocycles. The number of aliphatic hydroxyl groups excluding tert-OH is 2. The first-order chi connectivity index (χ1) is 8.56. The van der Waals surface area contributed by atoms with Gasteiger partial charge in [0.1, 0.15) is 17.5 Å². The molecule has 0 amide bonds. The van der Waals surface area contributed by atoms with Crippen molar-refractivity contribution in [3.8, 4) is 0 Å². The minimum Gasteiger partial charge on any atom is -0.394 e. The second-order valence-electron chi connectivity index (χ2n) is 4.45. The van der Waals surface area contributed by atoms with Crippen molar-refractivity contribution in [1.29, 1.82) is 0 Å². The molecule has 1 heterocycles. The molecule has 7 heteroatoms.